The van der Waals surface area contributed by atoms with Crippen LogP contribution in [0.5, 0.6) is 28.9 Å². The van der Waals surface area contributed by atoms with E-state index in [0.29, 0.717) is 41.4 Å². The second kappa shape index (κ2) is 15.2. The number of alkyl halides is 3. The standard InChI is InChI=1S/C31H33F3N4O8S/c1-5-6-8-19-23(24-21(43-2)9-7-10-22(24)44-3)26(39)25(27(40)35-19)28-36-37-30(45-28)38(20(29(41)42)15-16-47-4)17-11-13-18(14-12-17)46-31(32,33)34/h7,9-14,20H,5-6,8,15-16H2,1-4H3,(H,41,42)(H2,35,39,40)/t20-/m0/s1. The molecule has 0 spiro atoms. The molecular formula is C31H33F3N4O8S. The second-order valence-electron chi connectivity index (χ2n) is 10.1. The fourth-order valence-electron chi connectivity index (χ4n) is 4.93. The molecule has 0 fully saturated rings. The number of ether oxygens (including phenoxy) is 3. The third-order valence-corrected chi connectivity index (χ3v) is 7.69. The van der Waals surface area contributed by atoms with E-state index >= 15 is 0 Å². The molecule has 2 aromatic heterocycles. The van der Waals surface area contributed by atoms with Crippen molar-refractivity contribution in [2.24, 2.45) is 0 Å². The molecule has 252 valence electrons. The van der Waals surface area contributed by atoms with Gasteiger partial charge in [-0.15, -0.1) is 18.3 Å². The topological polar surface area (TPSA) is 160 Å². The van der Waals surface area contributed by atoms with Crippen LogP contribution >= 0.6 is 11.8 Å². The molecule has 0 amide bonds. The maximum absolute atomic E-state index is 12.8. The fraction of sp³-hybridized carbons (Fsp3) is 0.355. The summed E-state index contributed by atoms with van der Waals surface area (Å²) >= 11 is 1.39. The second-order valence-corrected chi connectivity index (χ2v) is 11.0. The van der Waals surface area contributed by atoms with Crippen LogP contribution in [-0.4, -0.2) is 75.1 Å². The van der Waals surface area contributed by atoms with Crippen molar-refractivity contribution >= 4 is 29.4 Å². The van der Waals surface area contributed by atoms with E-state index in [0.717, 1.165) is 23.5 Å². The van der Waals surface area contributed by atoms with Gasteiger partial charge in [-0.25, -0.2) is 9.78 Å². The summed E-state index contributed by atoms with van der Waals surface area (Å²) < 4.78 is 59.3. The van der Waals surface area contributed by atoms with Crippen molar-refractivity contribution in [3.63, 3.8) is 0 Å². The van der Waals surface area contributed by atoms with Crippen LogP contribution < -0.4 is 19.1 Å². The highest BCUT2D eigenvalue weighted by atomic mass is 32.2. The predicted octanol–water partition coefficient (Wildman–Crippen LogP) is 6.81. The van der Waals surface area contributed by atoms with E-state index in [2.05, 4.69) is 19.9 Å². The number of thioether (sulfide) groups is 1. The summed E-state index contributed by atoms with van der Waals surface area (Å²) in [7, 11) is 2.90. The summed E-state index contributed by atoms with van der Waals surface area (Å²) in [4.78, 5) is 18.0. The number of benzene rings is 2. The molecule has 4 rings (SSSR count). The molecule has 0 aliphatic rings. The summed E-state index contributed by atoms with van der Waals surface area (Å²) in [5, 5.41) is 41.0. The van der Waals surface area contributed by atoms with E-state index in [9.17, 15) is 33.3 Å². The lowest BCUT2D eigenvalue weighted by Crippen LogP contribution is -2.38. The molecule has 47 heavy (non-hydrogen) atoms. The summed E-state index contributed by atoms with van der Waals surface area (Å²) in [6.45, 7) is 1.98. The zero-order valence-electron chi connectivity index (χ0n) is 25.9. The van der Waals surface area contributed by atoms with Crippen molar-refractivity contribution < 1.29 is 51.9 Å². The van der Waals surface area contributed by atoms with E-state index in [1.807, 2.05) is 6.92 Å². The monoisotopic (exact) mass is 678 g/mol. The number of anilines is 2. The Hall–Kier alpha value is -4.86. The average Bonchev–Trinajstić information content (AvgIpc) is 3.50. The quantitative estimate of drug-likeness (QED) is 0.120. The van der Waals surface area contributed by atoms with E-state index in [4.69, 9.17) is 13.9 Å². The first kappa shape index (κ1) is 35.0. The molecule has 16 heteroatoms. The molecule has 2 aromatic carbocycles. The number of pyridine rings is 1. The fourth-order valence-corrected chi connectivity index (χ4v) is 5.39. The average molecular weight is 679 g/mol. The molecule has 0 unspecified atom stereocenters. The Morgan fingerprint density at radius 2 is 1.68 bits per heavy atom. The lowest BCUT2D eigenvalue weighted by atomic mass is 9.95. The van der Waals surface area contributed by atoms with Gasteiger partial charge in [-0.05, 0) is 67.7 Å². The van der Waals surface area contributed by atoms with Gasteiger partial charge in [0.25, 0.3) is 5.89 Å². The van der Waals surface area contributed by atoms with Gasteiger partial charge in [0.1, 0.15) is 34.6 Å². The number of hydrogen-bond acceptors (Lipinski definition) is 12. The van der Waals surface area contributed by atoms with Crippen molar-refractivity contribution in [1.82, 2.24) is 15.2 Å². The number of halogens is 3. The van der Waals surface area contributed by atoms with Crippen LogP contribution in [0, 0.1) is 0 Å². The van der Waals surface area contributed by atoms with E-state index in [1.54, 1.807) is 24.5 Å². The van der Waals surface area contributed by atoms with Gasteiger partial charge in [0.2, 0.25) is 5.88 Å². The molecule has 12 nitrogen and oxygen atoms in total. The third-order valence-electron chi connectivity index (χ3n) is 7.05. The van der Waals surface area contributed by atoms with Gasteiger partial charge in [0.05, 0.1) is 31.0 Å². The maximum Gasteiger partial charge on any atom is 0.573 e. The Balaban J connectivity index is 1.90. The van der Waals surface area contributed by atoms with Crippen LogP contribution in [0.4, 0.5) is 24.9 Å². The number of carboxylic acid groups (broad SMARTS) is 1. The first-order chi connectivity index (χ1) is 22.4. The third kappa shape index (κ3) is 7.93. The van der Waals surface area contributed by atoms with Crippen molar-refractivity contribution in [2.45, 2.75) is 45.0 Å². The van der Waals surface area contributed by atoms with Gasteiger partial charge >= 0.3 is 18.3 Å². The number of unbranched alkanes of at least 4 members (excludes halogenated alkanes) is 1. The van der Waals surface area contributed by atoms with Crippen LogP contribution in [0.25, 0.3) is 22.6 Å². The Morgan fingerprint density at radius 1 is 1.02 bits per heavy atom. The van der Waals surface area contributed by atoms with E-state index in [-0.39, 0.29) is 29.2 Å². The molecule has 1 atom stereocenters. The molecule has 2 heterocycles. The molecule has 4 aromatic rings. The molecule has 0 aliphatic heterocycles. The smallest absolute Gasteiger partial charge is 0.506 e. The number of carboxylic acids is 1. The van der Waals surface area contributed by atoms with Gasteiger partial charge in [-0.3, -0.25) is 4.90 Å². The largest absolute Gasteiger partial charge is 0.573 e. The molecule has 0 saturated carbocycles. The molecule has 0 saturated heterocycles. The number of rotatable bonds is 15. The van der Waals surface area contributed by atoms with Crippen molar-refractivity contribution in [1.29, 1.82) is 0 Å². The maximum atomic E-state index is 12.8. The minimum atomic E-state index is -4.93. The van der Waals surface area contributed by atoms with Gasteiger partial charge in [-0.2, -0.15) is 11.8 Å². The summed E-state index contributed by atoms with van der Waals surface area (Å²) in [5.74, 6) is -2.19. The number of aromatic nitrogens is 3. The number of aryl methyl sites for hydroxylation is 1. The van der Waals surface area contributed by atoms with E-state index in [1.165, 1.54) is 38.1 Å². The van der Waals surface area contributed by atoms with Crippen LogP contribution in [0.3, 0.4) is 0 Å². The Labute approximate surface area is 272 Å². The normalized spacial score (nSPS) is 12.1. The highest BCUT2D eigenvalue weighted by Gasteiger charge is 2.35. The van der Waals surface area contributed by atoms with Gasteiger partial charge in [0.15, 0.2) is 0 Å². The van der Waals surface area contributed by atoms with Crippen molar-refractivity contribution in [3.05, 3.63) is 48.2 Å². The van der Waals surface area contributed by atoms with Crippen molar-refractivity contribution in [3.8, 4) is 51.5 Å². The summed E-state index contributed by atoms with van der Waals surface area (Å²) in [6, 6.07) is 7.84. The number of hydrogen-bond donors (Lipinski definition) is 3. The Kier molecular flexibility index (Phi) is 11.3. The zero-order valence-corrected chi connectivity index (χ0v) is 26.7. The number of aromatic hydroxyl groups is 2. The highest BCUT2D eigenvalue weighted by Crippen LogP contribution is 2.50. The Morgan fingerprint density at radius 3 is 2.23 bits per heavy atom. The van der Waals surface area contributed by atoms with Crippen molar-refractivity contribution in [2.75, 3.05) is 31.1 Å². The zero-order chi connectivity index (χ0) is 34.3. The van der Waals surface area contributed by atoms with Gasteiger partial charge in [-0.1, -0.05) is 24.5 Å². The van der Waals surface area contributed by atoms with Crippen LogP contribution in [0.15, 0.2) is 46.9 Å². The van der Waals surface area contributed by atoms with Gasteiger partial charge in [0, 0.05) is 5.69 Å². The van der Waals surface area contributed by atoms with Crippen LogP contribution in [-0.2, 0) is 11.2 Å². The molecule has 0 radical (unpaired) electrons. The van der Waals surface area contributed by atoms with Gasteiger partial charge < -0.3 is 33.9 Å². The minimum Gasteiger partial charge on any atom is -0.506 e. The molecule has 0 aliphatic carbocycles. The lowest BCUT2D eigenvalue weighted by molar-refractivity contribution is -0.274. The number of aliphatic carboxylic acids is 1. The summed E-state index contributed by atoms with van der Waals surface area (Å²) in [6.07, 6.45) is -1.22. The highest BCUT2D eigenvalue weighted by molar-refractivity contribution is 7.98. The SMILES string of the molecule is CCCCc1nc(O)c(-c2nnc(N(c3ccc(OC(F)(F)F)cc3)[C@@H](CCSC)C(=O)O)o2)c(O)c1-c1c(OC)cccc1OC. The van der Waals surface area contributed by atoms with Crippen LogP contribution in [0.2, 0.25) is 0 Å². The molecular weight excluding hydrogens is 645 g/mol. The lowest BCUT2D eigenvalue weighted by Gasteiger charge is -2.27. The number of carbonyl (C=O) groups is 1. The Bertz CT molecular complexity index is 1660. The van der Waals surface area contributed by atoms with E-state index < -0.39 is 41.6 Å². The number of methoxy groups -OCH3 is 2. The van der Waals surface area contributed by atoms with Crippen LogP contribution in [0.1, 0.15) is 31.9 Å². The molecule has 3 N–H and O–H groups in total. The predicted molar refractivity (Wildman–Crippen MR) is 168 cm³/mol. The minimum absolute atomic E-state index is 0.0803. The first-order valence-corrected chi connectivity index (χ1v) is 15.7. The first-order valence-electron chi connectivity index (χ1n) is 14.3. The summed E-state index contributed by atoms with van der Waals surface area (Å²) in [5.41, 5.74) is 0.668. The number of nitrogens with zero attached hydrogens (tertiary/aromatic N) is 4. The molecule has 0 bridgehead atoms.